The van der Waals surface area contributed by atoms with Crippen molar-refractivity contribution in [1.29, 1.82) is 0 Å². The van der Waals surface area contributed by atoms with Crippen LogP contribution in [-0.2, 0) is 13.2 Å². The molecule has 0 fully saturated rings. The average Bonchev–Trinajstić information content (AvgIpc) is 3.36. The Morgan fingerprint density at radius 3 is 2.78 bits per heavy atom. The van der Waals surface area contributed by atoms with E-state index in [2.05, 4.69) is 5.10 Å². The van der Waals surface area contributed by atoms with Gasteiger partial charge in [-0.05, 0) is 55.8 Å². The van der Waals surface area contributed by atoms with E-state index in [4.69, 9.17) is 20.8 Å². The van der Waals surface area contributed by atoms with Gasteiger partial charge in [0.25, 0.3) is 5.91 Å². The molecule has 0 aliphatic heterocycles. The zero-order chi connectivity index (χ0) is 19.2. The molecule has 0 saturated carbocycles. The normalized spacial score (nSPS) is 12.0. The second-order valence-electron chi connectivity index (χ2n) is 6.33. The lowest BCUT2D eigenvalue weighted by atomic mass is 10.1. The Hall–Kier alpha value is -2.73. The van der Waals surface area contributed by atoms with Gasteiger partial charge >= 0.3 is 0 Å². The molecule has 142 valence electrons. The number of rotatable bonds is 8. The summed E-state index contributed by atoms with van der Waals surface area (Å²) in [5.41, 5.74) is 0.483. The smallest absolute Gasteiger partial charge is 0.272 e. The van der Waals surface area contributed by atoms with Gasteiger partial charge in [-0.15, -0.1) is 0 Å². The summed E-state index contributed by atoms with van der Waals surface area (Å²) in [4.78, 5) is 14.6. The third-order valence-corrected chi connectivity index (χ3v) is 4.72. The summed E-state index contributed by atoms with van der Waals surface area (Å²) in [6.07, 6.45) is 4.85. The first-order valence-corrected chi connectivity index (χ1v) is 9.12. The quantitative estimate of drug-likeness (QED) is 0.579. The van der Waals surface area contributed by atoms with Crippen LogP contribution in [0.5, 0.6) is 5.75 Å². The third-order valence-electron chi connectivity index (χ3n) is 4.47. The predicted octanol–water partition coefficient (Wildman–Crippen LogP) is 4.26. The number of ether oxygens (including phenoxy) is 1. The van der Waals surface area contributed by atoms with Crippen LogP contribution < -0.4 is 4.74 Å². The lowest BCUT2D eigenvalue weighted by Gasteiger charge is -2.25. The van der Waals surface area contributed by atoms with Gasteiger partial charge in [0.2, 0.25) is 0 Å². The highest BCUT2D eigenvalue weighted by Crippen LogP contribution is 2.17. The molecule has 6 nitrogen and oxygen atoms in total. The molecule has 2 heterocycles. The van der Waals surface area contributed by atoms with Crippen molar-refractivity contribution in [2.45, 2.75) is 32.5 Å². The largest absolute Gasteiger partial charge is 0.471 e. The molecule has 3 rings (SSSR count). The van der Waals surface area contributed by atoms with Gasteiger partial charge in [0.05, 0.1) is 6.26 Å². The molecule has 0 aliphatic rings. The molecule has 7 heteroatoms. The van der Waals surface area contributed by atoms with E-state index in [9.17, 15) is 4.79 Å². The number of amides is 1. The number of halogens is 1. The van der Waals surface area contributed by atoms with Crippen molar-refractivity contribution >= 4 is 17.5 Å². The SMILES string of the molecule is CC(CCc1ccco1)N(C)C(=O)c1ccnn1COc1ccc(Cl)cc1. The summed E-state index contributed by atoms with van der Waals surface area (Å²) in [5.74, 6) is 1.48. The zero-order valence-corrected chi connectivity index (χ0v) is 16.1. The standard InChI is InChI=1S/C20H22ClN3O3/c1-15(5-8-17-4-3-13-26-17)23(2)20(25)19-11-12-22-24(19)14-27-18-9-6-16(21)7-10-18/h3-4,6-7,9-13,15H,5,8,14H2,1-2H3. The first-order chi connectivity index (χ1) is 13.0. The minimum Gasteiger partial charge on any atom is -0.471 e. The number of furan rings is 1. The molecule has 0 bridgehead atoms. The molecule has 3 aromatic rings. The van der Waals surface area contributed by atoms with E-state index in [1.807, 2.05) is 19.1 Å². The third kappa shape index (κ3) is 4.92. The van der Waals surface area contributed by atoms with Crippen LogP contribution in [0.3, 0.4) is 0 Å². The molecule has 1 aromatic carbocycles. The maximum absolute atomic E-state index is 12.9. The van der Waals surface area contributed by atoms with E-state index in [-0.39, 0.29) is 18.7 Å². The molecule has 1 unspecified atom stereocenters. The predicted molar refractivity (Wildman–Crippen MR) is 103 cm³/mol. The van der Waals surface area contributed by atoms with E-state index in [0.29, 0.717) is 16.5 Å². The Balaban J connectivity index is 1.59. The Morgan fingerprint density at radius 2 is 2.07 bits per heavy atom. The van der Waals surface area contributed by atoms with Crippen LogP contribution in [0.2, 0.25) is 5.02 Å². The number of carbonyl (C=O) groups excluding carboxylic acids is 1. The van der Waals surface area contributed by atoms with E-state index in [1.54, 1.807) is 59.4 Å². The first kappa shape index (κ1) is 19.0. The lowest BCUT2D eigenvalue weighted by Crippen LogP contribution is -2.36. The summed E-state index contributed by atoms with van der Waals surface area (Å²) in [6.45, 7) is 2.16. The molecule has 0 N–H and O–H groups in total. The number of carbonyl (C=O) groups is 1. The molecule has 1 amide bonds. The van der Waals surface area contributed by atoms with Gasteiger partial charge in [-0.25, -0.2) is 4.68 Å². The summed E-state index contributed by atoms with van der Waals surface area (Å²) in [6, 6.07) is 12.6. The lowest BCUT2D eigenvalue weighted by molar-refractivity contribution is 0.0713. The molecule has 0 spiro atoms. The highest BCUT2D eigenvalue weighted by Gasteiger charge is 2.21. The molecular formula is C20H22ClN3O3. The molecule has 0 saturated heterocycles. The van der Waals surface area contributed by atoms with Crippen molar-refractivity contribution in [3.05, 3.63) is 71.4 Å². The van der Waals surface area contributed by atoms with Crippen LogP contribution in [0.1, 0.15) is 29.6 Å². The number of nitrogens with zero attached hydrogens (tertiary/aromatic N) is 3. The van der Waals surface area contributed by atoms with Crippen LogP contribution >= 0.6 is 11.6 Å². The van der Waals surface area contributed by atoms with Gasteiger partial charge in [-0.3, -0.25) is 4.79 Å². The van der Waals surface area contributed by atoms with Gasteiger partial charge in [0.1, 0.15) is 17.2 Å². The van der Waals surface area contributed by atoms with Crippen LogP contribution in [0.25, 0.3) is 0 Å². The van der Waals surface area contributed by atoms with Crippen LogP contribution in [0.4, 0.5) is 0 Å². The zero-order valence-electron chi connectivity index (χ0n) is 15.3. The molecule has 0 radical (unpaired) electrons. The first-order valence-electron chi connectivity index (χ1n) is 8.74. The Kier molecular flexibility index (Phi) is 6.19. The molecule has 2 aromatic heterocycles. The van der Waals surface area contributed by atoms with Gasteiger partial charge in [-0.1, -0.05) is 11.6 Å². The molecular weight excluding hydrogens is 366 g/mol. The summed E-state index contributed by atoms with van der Waals surface area (Å²) in [5, 5.41) is 4.84. The van der Waals surface area contributed by atoms with E-state index in [0.717, 1.165) is 18.6 Å². The van der Waals surface area contributed by atoms with Gasteiger partial charge in [-0.2, -0.15) is 5.10 Å². The van der Waals surface area contributed by atoms with Crippen molar-refractivity contribution in [2.75, 3.05) is 7.05 Å². The number of hydrogen-bond donors (Lipinski definition) is 0. The van der Waals surface area contributed by atoms with E-state index < -0.39 is 0 Å². The summed E-state index contributed by atoms with van der Waals surface area (Å²) >= 11 is 5.87. The fourth-order valence-electron chi connectivity index (χ4n) is 2.66. The monoisotopic (exact) mass is 387 g/mol. The minimum absolute atomic E-state index is 0.0585. The van der Waals surface area contributed by atoms with Crippen LogP contribution in [0, 0.1) is 0 Å². The fourth-order valence-corrected chi connectivity index (χ4v) is 2.79. The second-order valence-corrected chi connectivity index (χ2v) is 6.76. The van der Waals surface area contributed by atoms with Crippen LogP contribution in [0.15, 0.2) is 59.3 Å². The fraction of sp³-hybridized carbons (Fsp3) is 0.300. The second kappa shape index (κ2) is 8.77. The van der Waals surface area contributed by atoms with Crippen molar-refractivity contribution in [3.8, 4) is 5.75 Å². The van der Waals surface area contributed by atoms with Crippen molar-refractivity contribution in [2.24, 2.45) is 0 Å². The number of aryl methyl sites for hydroxylation is 1. The topological polar surface area (TPSA) is 60.5 Å². The number of benzene rings is 1. The molecule has 0 aliphatic carbocycles. The Bertz CT molecular complexity index is 859. The van der Waals surface area contributed by atoms with Crippen LogP contribution in [-0.4, -0.2) is 33.7 Å². The maximum Gasteiger partial charge on any atom is 0.272 e. The van der Waals surface area contributed by atoms with E-state index >= 15 is 0 Å². The number of aromatic nitrogens is 2. The average molecular weight is 388 g/mol. The molecule has 27 heavy (non-hydrogen) atoms. The van der Waals surface area contributed by atoms with Gasteiger partial charge < -0.3 is 14.1 Å². The van der Waals surface area contributed by atoms with E-state index in [1.165, 1.54) is 0 Å². The highest BCUT2D eigenvalue weighted by atomic mass is 35.5. The molecule has 1 atom stereocenters. The van der Waals surface area contributed by atoms with Crippen molar-refractivity contribution in [1.82, 2.24) is 14.7 Å². The highest BCUT2D eigenvalue weighted by molar-refractivity contribution is 6.30. The van der Waals surface area contributed by atoms with Crippen molar-refractivity contribution < 1.29 is 13.9 Å². The number of hydrogen-bond acceptors (Lipinski definition) is 4. The van der Waals surface area contributed by atoms with Gasteiger partial charge in [0, 0.05) is 30.7 Å². The maximum atomic E-state index is 12.9. The van der Waals surface area contributed by atoms with Crippen molar-refractivity contribution in [3.63, 3.8) is 0 Å². The minimum atomic E-state index is -0.0980. The Labute approximate surface area is 163 Å². The summed E-state index contributed by atoms with van der Waals surface area (Å²) < 4.78 is 12.6. The summed E-state index contributed by atoms with van der Waals surface area (Å²) in [7, 11) is 1.80. The van der Waals surface area contributed by atoms with Gasteiger partial charge in [0.15, 0.2) is 6.73 Å². The Morgan fingerprint density at radius 1 is 1.30 bits per heavy atom.